The van der Waals surface area contributed by atoms with Crippen LogP contribution in [0.4, 0.5) is 4.79 Å². The normalized spacial score (nSPS) is 19.2. The number of ether oxygens (including phenoxy) is 1. The standard InChI is InChI=1S/C26H30N4O3/c27-24(31)2-1-11-29-18-23-16-21(17-30(23)25(29)32)4-3-20-5-7-22(8-6-20)26(9-10-26)19-28-12-14-33-15-13-28/h5-8,16-17H,1-2,9-15,18-19H2,(H2,27,31). The summed E-state index contributed by atoms with van der Waals surface area (Å²) in [4.78, 5) is 27.7. The number of amides is 2. The predicted octanol–water partition coefficient (Wildman–Crippen LogP) is 2.30. The Morgan fingerprint density at radius 3 is 2.48 bits per heavy atom. The van der Waals surface area contributed by atoms with Crippen LogP contribution in [-0.2, 0) is 21.5 Å². The number of primary amides is 1. The Bertz CT molecular complexity index is 1100. The summed E-state index contributed by atoms with van der Waals surface area (Å²) in [5, 5.41) is 0. The van der Waals surface area contributed by atoms with Gasteiger partial charge in [-0.1, -0.05) is 24.0 Å². The van der Waals surface area contributed by atoms with Crippen LogP contribution in [-0.4, -0.2) is 65.7 Å². The maximum atomic E-state index is 12.6. The van der Waals surface area contributed by atoms with E-state index >= 15 is 0 Å². The van der Waals surface area contributed by atoms with E-state index in [9.17, 15) is 9.59 Å². The zero-order chi connectivity index (χ0) is 22.8. The molecule has 1 saturated carbocycles. The summed E-state index contributed by atoms with van der Waals surface area (Å²) in [6.45, 7) is 5.93. The van der Waals surface area contributed by atoms with Crippen molar-refractivity contribution in [1.29, 1.82) is 0 Å². The number of hydrogen-bond donors (Lipinski definition) is 1. The molecule has 1 aromatic heterocycles. The summed E-state index contributed by atoms with van der Waals surface area (Å²) in [5.41, 5.74) is 9.63. The highest BCUT2D eigenvalue weighted by Crippen LogP contribution is 2.48. The van der Waals surface area contributed by atoms with Gasteiger partial charge in [0.1, 0.15) is 0 Å². The second-order valence-corrected chi connectivity index (χ2v) is 9.36. The number of carbonyl (C=O) groups is 2. The van der Waals surface area contributed by atoms with Gasteiger partial charge in [-0.2, -0.15) is 0 Å². The molecule has 172 valence electrons. The van der Waals surface area contributed by atoms with Crippen LogP contribution >= 0.6 is 0 Å². The van der Waals surface area contributed by atoms with Crippen molar-refractivity contribution < 1.29 is 14.3 Å². The molecule has 2 amide bonds. The molecule has 0 spiro atoms. The highest BCUT2D eigenvalue weighted by atomic mass is 16.5. The van der Waals surface area contributed by atoms with E-state index in [1.807, 2.05) is 6.07 Å². The van der Waals surface area contributed by atoms with Gasteiger partial charge in [-0.05, 0) is 43.0 Å². The SMILES string of the molecule is NC(=O)CCCN1Cc2cc(C#Cc3ccc(C4(CN5CCOCC5)CC4)cc3)cn2C1=O. The van der Waals surface area contributed by atoms with Gasteiger partial charge in [0.05, 0.1) is 19.8 Å². The Balaban J connectivity index is 1.20. The number of morpholine rings is 1. The fourth-order valence-corrected chi connectivity index (χ4v) is 4.84. The maximum Gasteiger partial charge on any atom is 0.328 e. The molecule has 0 bridgehead atoms. The van der Waals surface area contributed by atoms with E-state index in [1.54, 1.807) is 15.7 Å². The fourth-order valence-electron chi connectivity index (χ4n) is 4.84. The molecule has 0 atom stereocenters. The largest absolute Gasteiger partial charge is 0.379 e. The number of fused-ring (bicyclic) bond motifs is 1. The van der Waals surface area contributed by atoms with Crippen LogP contribution in [0.1, 0.15) is 48.1 Å². The van der Waals surface area contributed by atoms with Gasteiger partial charge in [0, 0.05) is 61.0 Å². The first-order valence-electron chi connectivity index (χ1n) is 11.7. The van der Waals surface area contributed by atoms with Gasteiger partial charge in [-0.25, -0.2) is 4.79 Å². The minimum Gasteiger partial charge on any atom is -0.379 e. The molecule has 33 heavy (non-hydrogen) atoms. The molecule has 2 aliphatic heterocycles. The van der Waals surface area contributed by atoms with Crippen molar-refractivity contribution in [2.45, 2.75) is 37.6 Å². The van der Waals surface area contributed by atoms with E-state index in [1.165, 1.54) is 18.4 Å². The lowest BCUT2D eigenvalue weighted by Gasteiger charge is -2.30. The van der Waals surface area contributed by atoms with Crippen molar-refractivity contribution in [2.75, 3.05) is 39.4 Å². The van der Waals surface area contributed by atoms with Crippen molar-refractivity contribution >= 4 is 11.9 Å². The average Bonchev–Trinajstić information content (AvgIpc) is 3.39. The van der Waals surface area contributed by atoms with Crippen LogP contribution in [0.2, 0.25) is 0 Å². The van der Waals surface area contributed by atoms with Gasteiger partial charge >= 0.3 is 6.03 Å². The highest BCUT2D eigenvalue weighted by molar-refractivity contribution is 5.81. The maximum absolute atomic E-state index is 12.6. The third kappa shape index (κ3) is 4.82. The van der Waals surface area contributed by atoms with Gasteiger partial charge in [0.15, 0.2) is 0 Å². The number of carbonyl (C=O) groups excluding carboxylic acids is 2. The monoisotopic (exact) mass is 446 g/mol. The minimum atomic E-state index is -0.337. The first-order valence-corrected chi connectivity index (χ1v) is 11.7. The van der Waals surface area contributed by atoms with E-state index in [0.29, 0.717) is 31.3 Å². The number of rotatable bonds is 7. The number of aromatic nitrogens is 1. The molecule has 5 rings (SSSR count). The van der Waals surface area contributed by atoms with Crippen LogP contribution in [0.5, 0.6) is 0 Å². The van der Waals surface area contributed by atoms with Gasteiger partial charge in [-0.3, -0.25) is 14.3 Å². The molecule has 2 N–H and O–H groups in total. The molecule has 0 radical (unpaired) electrons. The molecule has 3 heterocycles. The molecule has 2 fully saturated rings. The van der Waals surface area contributed by atoms with Gasteiger partial charge in [0.2, 0.25) is 5.91 Å². The quantitative estimate of drug-likeness (QED) is 0.662. The van der Waals surface area contributed by atoms with E-state index in [2.05, 4.69) is 41.0 Å². The second-order valence-electron chi connectivity index (χ2n) is 9.36. The number of nitrogens with zero attached hydrogens (tertiary/aromatic N) is 3. The number of hydrogen-bond acceptors (Lipinski definition) is 4. The lowest BCUT2D eigenvalue weighted by atomic mass is 9.94. The molecular weight excluding hydrogens is 416 g/mol. The van der Waals surface area contributed by atoms with Crippen LogP contribution in [0.3, 0.4) is 0 Å². The molecule has 1 aliphatic carbocycles. The topological polar surface area (TPSA) is 80.8 Å². The highest BCUT2D eigenvalue weighted by Gasteiger charge is 2.45. The van der Waals surface area contributed by atoms with E-state index in [0.717, 1.165) is 49.7 Å². The number of benzene rings is 1. The van der Waals surface area contributed by atoms with Gasteiger partial charge < -0.3 is 15.4 Å². The first kappa shape index (κ1) is 21.7. The van der Waals surface area contributed by atoms with Crippen LogP contribution in [0.15, 0.2) is 36.5 Å². The molecule has 1 aromatic carbocycles. The Hall–Kier alpha value is -3.08. The lowest BCUT2D eigenvalue weighted by Crippen LogP contribution is -2.41. The summed E-state index contributed by atoms with van der Waals surface area (Å²) in [7, 11) is 0. The van der Waals surface area contributed by atoms with Crippen LogP contribution in [0.25, 0.3) is 0 Å². The van der Waals surface area contributed by atoms with Crippen molar-refractivity contribution in [3.8, 4) is 11.8 Å². The third-order valence-corrected chi connectivity index (χ3v) is 6.91. The molecule has 1 saturated heterocycles. The van der Waals surface area contributed by atoms with Crippen molar-refractivity contribution in [3.05, 3.63) is 58.9 Å². The van der Waals surface area contributed by atoms with Crippen molar-refractivity contribution in [1.82, 2.24) is 14.4 Å². The summed E-state index contributed by atoms with van der Waals surface area (Å²) >= 11 is 0. The third-order valence-electron chi connectivity index (χ3n) is 6.91. The summed E-state index contributed by atoms with van der Waals surface area (Å²) < 4.78 is 7.13. The Morgan fingerprint density at radius 2 is 1.82 bits per heavy atom. The molecule has 3 aliphatic rings. The zero-order valence-corrected chi connectivity index (χ0v) is 18.9. The van der Waals surface area contributed by atoms with Crippen molar-refractivity contribution in [2.24, 2.45) is 5.73 Å². The van der Waals surface area contributed by atoms with E-state index in [4.69, 9.17) is 10.5 Å². The zero-order valence-electron chi connectivity index (χ0n) is 18.9. The minimum absolute atomic E-state index is 0.0677. The molecule has 7 nitrogen and oxygen atoms in total. The predicted molar refractivity (Wildman–Crippen MR) is 125 cm³/mol. The van der Waals surface area contributed by atoms with Crippen molar-refractivity contribution in [3.63, 3.8) is 0 Å². The van der Waals surface area contributed by atoms with E-state index in [-0.39, 0.29) is 11.9 Å². The summed E-state index contributed by atoms with van der Waals surface area (Å²) in [6.07, 6.45) is 5.18. The number of nitrogens with two attached hydrogens (primary N) is 1. The Morgan fingerprint density at radius 1 is 1.09 bits per heavy atom. The van der Waals surface area contributed by atoms with E-state index < -0.39 is 0 Å². The second kappa shape index (κ2) is 9.05. The first-order chi connectivity index (χ1) is 16.0. The van der Waals surface area contributed by atoms with Gasteiger partial charge in [-0.15, -0.1) is 0 Å². The lowest BCUT2D eigenvalue weighted by molar-refractivity contribution is -0.118. The van der Waals surface area contributed by atoms with Gasteiger partial charge in [0.25, 0.3) is 0 Å². The van der Waals surface area contributed by atoms with Crippen LogP contribution < -0.4 is 5.73 Å². The Kier molecular flexibility index (Phi) is 5.96. The molecular formula is C26H30N4O3. The molecule has 2 aromatic rings. The average molecular weight is 447 g/mol. The summed E-state index contributed by atoms with van der Waals surface area (Å²) in [5.74, 6) is 6.10. The Labute approximate surface area is 194 Å². The molecule has 0 unspecified atom stereocenters. The summed E-state index contributed by atoms with van der Waals surface area (Å²) in [6, 6.07) is 10.6. The smallest absolute Gasteiger partial charge is 0.328 e. The molecule has 7 heteroatoms. The fraction of sp³-hybridized carbons (Fsp3) is 0.462. The van der Waals surface area contributed by atoms with Crippen LogP contribution in [0, 0.1) is 11.8 Å².